The van der Waals surface area contributed by atoms with Crippen LogP contribution in [0.2, 0.25) is 0 Å². The Balaban J connectivity index is 2.46. The molecule has 7 heteroatoms. The highest BCUT2D eigenvalue weighted by Gasteiger charge is 2.50. The maximum Gasteiger partial charge on any atom is 0.222 e. The topological polar surface area (TPSA) is 108 Å². The molecule has 1 aliphatic heterocycles. The van der Waals surface area contributed by atoms with E-state index in [4.69, 9.17) is 10.5 Å². The van der Waals surface area contributed by atoms with Crippen molar-refractivity contribution in [1.29, 1.82) is 5.26 Å². The molecule has 0 aliphatic carbocycles. The third-order valence-electron chi connectivity index (χ3n) is 4.73. The van der Waals surface area contributed by atoms with Crippen molar-refractivity contribution in [2.45, 2.75) is 32.8 Å². The van der Waals surface area contributed by atoms with Crippen LogP contribution < -0.4 is 10.5 Å². The molecule has 2 heterocycles. The molecule has 25 heavy (non-hydrogen) atoms. The largest absolute Gasteiger partial charge is 0.422 e. The molecule has 3 rings (SSSR count). The van der Waals surface area contributed by atoms with Gasteiger partial charge in [-0.05, 0) is 36.1 Å². The van der Waals surface area contributed by atoms with Crippen LogP contribution in [0, 0.1) is 24.2 Å². The lowest BCUT2D eigenvalue weighted by Gasteiger charge is -2.41. The second-order valence-corrected chi connectivity index (χ2v) is 7.35. The van der Waals surface area contributed by atoms with E-state index in [1.165, 1.54) is 0 Å². The number of nitrogens with one attached hydrogen (secondary N) is 1. The predicted molar refractivity (Wildman–Crippen MR) is 96.5 cm³/mol. The molecule has 0 fully saturated rings. The van der Waals surface area contributed by atoms with Gasteiger partial charge in [0.25, 0.3) is 0 Å². The summed E-state index contributed by atoms with van der Waals surface area (Å²) in [6.07, 6.45) is 0. The number of aromatic nitrogens is 2. The van der Waals surface area contributed by atoms with E-state index < -0.39 is 5.41 Å². The van der Waals surface area contributed by atoms with Gasteiger partial charge in [0.2, 0.25) is 11.8 Å². The molecule has 4 N–H and O–H groups in total. The van der Waals surface area contributed by atoms with Crippen LogP contribution in [0.5, 0.6) is 5.88 Å². The number of aliphatic hydroxyl groups is 1. The highest BCUT2D eigenvalue weighted by atomic mass is 79.9. The number of fused-ring (bicyclic) bond motifs is 1. The smallest absolute Gasteiger partial charge is 0.222 e. The Kier molecular flexibility index (Phi) is 4.35. The molecule has 1 aliphatic rings. The molecule has 0 saturated carbocycles. The van der Waals surface area contributed by atoms with Crippen molar-refractivity contribution in [2.75, 3.05) is 0 Å². The van der Waals surface area contributed by atoms with Crippen LogP contribution in [0.3, 0.4) is 0 Å². The third-order valence-corrected chi connectivity index (χ3v) is 5.19. The molecule has 1 aromatic carbocycles. The highest BCUT2D eigenvalue weighted by molar-refractivity contribution is 9.10. The van der Waals surface area contributed by atoms with E-state index in [0.717, 1.165) is 26.9 Å². The fourth-order valence-electron chi connectivity index (χ4n) is 3.74. The summed E-state index contributed by atoms with van der Waals surface area (Å²) in [5.41, 5.74) is 8.77. The summed E-state index contributed by atoms with van der Waals surface area (Å²) >= 11 is 3.50. The zero-order chi connectivity index (χ0) is 18.4. The lowest BCUT2D eigenvalue weighted by molar-refractivity contribution is 0.281. The van der Waals surface area contributed by atoms with Gasteiger partial charge in [-0.1, -0.05) is 35.8 Å². The SMILES string of the molecule is Cc1n[nH]c2c1C(c1cc(Br)cc(CO)c1)(C(C)C)C(C#N)=C(N)O2. The second-order valence-electron chi connectivity index (χ2n) is 6.44. The molecule has 6 nitrogen and oxygen atoms in total. The molecule has 2 aromatic rings. The highest BCUT2D eigenvalue weighted by Crippen LogP contribution is 2.52. The van der Waals surface area contributed by atoms with Gasteiger partial charge < -0.3 is 15.6 Å². The molecular formula is C18H19BrN4O2. The number of nitrogens with two attached hydrogens (primary N) is 1. The summed E-state index contributed by atoms with van der Waals surface area (Å²) in [6.45, 7) is 5.84. The molecular weight excluding hydrogens is 384 g/mol. The fourth-order valence-corrected chi connectivity index (χ4v) is 4.28. The van der Waals surface area contributed by atoms with Crippen molar-refractivity contribution >= 4 is 15.9 Å². The average Bonchev–Trinajstić information content (AvgIpc) is 2.93. The number of benzene rings is 1. The first-order valence-electron chi connectivity index (χ1n) is 7.90. The van der Waals surface area contributed by atoms with Crippen LogP contribution in [0.15, 0.2) is 34.1 Å². The first-order chi connectivity index (χ1) is 11.9. The van der Waals surface area contributed by atoms with Crippen LogP contribution in [-0.2, 0) is 12.0 Å². The number of hydrogen-bond acceptors (Lipinski definition) is 5. The van der Waals surface area contributed by atoms with E-state index in [1.807, 2.05) is 39.0 Å². The number of halogens is 1. The van der Waals surface area contributed by atoms with Crippen LogP contribution in [0.1, 0.15) is 36.2 Å². The second kappa shape index (κ2) is 6.21. The normalized spacial score (nSPS) is 19.6. The molecule has 1 aromatic heterocycles. The number of ether oxygens (including phenoxy) is 1. The van der Waals surface area contributed by atoms with Gasteiger partial charge in [-0.2, -0.15) is 10.4 Å². The van der Waals surface area contributed by atoms with E-state index in [-0.39, 0.29) is 18.4 Å². The average molecular weight is 403 g/mol. The van der Waals surface area contributed by atoms with Gasteiger partial charge in [0.1, 0.15) is 11.6 Å². The van der Waals surface area contributed by atoms with Crippen LogP contribution in [0.25, 0.3) is 0 Å². The monoisotopic (exact) mass is 402 g/mol. The van der Waals surface area contributed by atoms with Crippen LogP contribution in [-0.4, -0.2) is 15.3 Å². The molecule has 0 spiro atoms. The van der Waals surface area contributed by atoms with E-state index >= 15 is 0 Å². The van der Waals surface area contributed by atoms with E-state index in [9.17, 15) is 10.4 Å². The van der Waals surface area contributed by atoms with Crippen molar-refractivity contribution in [3.05, 3.63) is 56.5 Å². The zero-order valence-corrected chi connectivity index (χ0v) is 15.8. The van der Waals surface area contributed by atoms with Crippen LogP contribution >= 0.6 is 15.9 Å². The van der Waals surface area contributed by atoms with Gasteiger partial charge in [0.05, 0.1) is 23.3 Å². The lowest BCUT2D eigenvalue weighted by atomic mass is 9.61. The maximum atomic E-state index is 9.90. The van der Waals surface area contributed by atoms with Crippen molar-refractivity contribution in [2.24, 2.45) is 11.7 Å². The number of nitrogens with zero attached hydrogens (tertiary/aromatic N) is 2. The van der Waals surface area contributed by atoms with Crippen LogP contribution in [0.4, 0.5) is 0 Å². The summed E-state index contributed by atoms with van der Waals surface area (Å²) in [5.74, 6) is 0.506. The van der Waals surface area contributed by atoms with Gasteiger partial charge >= 0.3 is 0 Å². The van der Waals surface area contributed by atoms with Gasteiger partial charge in [-0.25, -0.2) is 5.10 Å². The minimum Gasteiger partial charge on any atom is -0.422 e. The summed E-state index contributed by atoms with van der Waals surface area (Å²) in [6, 6.07) is 7.95. The molecule has 0 amide bonds. The van der Waals surface area contributed by atoms with E-state index in [1.54, 1.807) is 0 Å². The number of aromatic amines is 1. The predicted octanol–water partition coefficient (Wildman–Crippen LogP) is 3.00. The number of hydrogen-bond donors (Lipinski definition) is 3. The number of rotatable bonds is 3. The van der Waals surface area contributed by atoms with Gasteiger partial charge in [0, 0.05) is 4.47 Å². The summed E-state index contributed by atoms with van der Waals surface area (Å²) in [7, 11) is 0. The number of aryl methyl sites for hydroxylation is 1. The van der Waals surface area contributed by atoms with E-state index in [0.29, 0.717) is 11.5 Å². The minimum absolute atomic E-state index is 0.0134. The molecule has 0 saturated heterocycles. The van der Waals surface area contributed by atoms with Gasteiger partial charge in [-0.15, -0.1) is 0 Å². The number of nitriles is 1. The van der Waals surface area contributed by atoms with Crippen molar-refractivity contribution in [3.63, 3.8) is 0 Å². The number of allylic oxidation sites excluding steroid dienone is 1. The molecule has 0 radical (unpaired) electrons. The first kappa shape index (κ1) is 17.5. The quantitative estimate of drug-likeness (QED) is 0.730. The molecule has 0 bridgehead atoms. The number of aliphatic hydroxyl groups excluding tert-OH is 1. The third kappa shape index (κ3) is 2.44. The standard InChI is InChI=1S/C18H19BrN4O2/c1-9(2)18(12-4-11(8-24)5-13(19)6-12)14(7-20)16(21)25-17-15(18)10(3)22-23-17/h4-6,9,24H,8,21H2,1-3H3,(H,22,23). The van der Waals surface area contributed by atoms with E-state index in [2.05, 4.69) is 32.2 Å². The van der Waals surface area contributed by atoms with Gasteiger partial charge in [0.15, 0.2) is 0 Å². The van der Waals surface area contributed by atoms with Crippen molar-refractivity contribution in [1.82, 2.24) is 10.2 Å². The summed E-state index contributed by atoms with van der Waals surface area (Å²) in [4.78, 5) is 0. The Morgan fingerprint density at radius 3 is 2.76 bits per heavy atom. The number of H-pyrrole nitrogens is 1. The molecule has 1 unspecified atom stereocenters. The summed E-state index contributed by atoms with van der Waals surface area (Å²) < 4.78 is 6.44. The Labute approximate surface area is 154 Å². The first-order valence-corrected chi connectivity index (χ1v) is 8.69. The van der Waals surface area contributed by atoms with Gasteiger partial charge in [-0.3, -0.25) is 0 Å². The Bertz CT molecular complexity index is 910. The fraction of sp³-hybridized carbons (Fsp3) is 0.333. The molecule has 1 atom stereocenters. The summed E-state index contributed by atoms with van der Waals surface area (Å²) in [5, 5.41) is 26.7. The Hall–Kier alpha value is -2.30. The Morgan fingerprint density at radius 2 is 2.16 bits per heavy atom. The van der Waals surface area contributed by atoms with Crippen molar-refractivity contribution in [3.8, 4) is 11.9 Å². The minimum atomic E-state index is -0.822. The zero-order valence-electron chi connectivity index (χ0n) is 14.2. The lowest BCUT2D eigenvalue weighted by Crippen LogP contribution is -2.41. The molecule has 130 valence electrons. The maximum absolute atomic E-state index is 9.90. The van der Waals surface area contributed by atoms with Crippen molar-refractivity contribution < 1.29 is 9.84 Å². The Morgan fingerprint density at radius 1 is 1.44 bits per heavy atom.